The number of benzene rings is 1. The number of anilines is 1. The van der Waals surface area contributed by atoms with Crippen molar-refractivity contribution < 1.29 is 9.18 Å². The lowest BCUT2D eigenvalue weighted by Gasteiger charge is -2.06. The molecule has 124 valence electrons. The summed E-state index contributed by atoms with van der Waals surface area (Å²) in [5, 5.41) is 12.2. The van der Waals surface area contributed by atoms with E-state index in [1.807, 2.05) is 17.5 Å². The lowest BCUT2D eigenvalue weighted by atomic mass is 10.3. The van der Waals surface area contributed by atoms with E-state index in [0.29, 0.717) is 17.3 Å². The highest BCUT2D eigenvalue weighted by Gasteiger charge is 2.10. The molecule has 3 aromatic rings. The number of aromatic amines is 1. The van der Waals surface area contributed by atoms with E-state index >= 15 is 0 Å². The molecule has 3 rings (SSSR count). The number of thioether (sulfide) groups is 1. The number of nitrogens with zero attached hydrogens (tertiary/aromatic N) is 2. The van der Waals surface area contributed by atoms with E-state index in [9.17, 15) is 9.18 Å². The van der Waals surface area contributed by atoms with Crippen molar-refractivity contribution in [1.29, 1.82) is 0 Å². The number of nitrogens with one attached hydrogen (secondary N) is 2. The third-order valence-corrected chi connectivity index (χ3v) is 5.01. The van der Waals surface area contributed by atoms with Crippen LogP contribution in [0.4, 0.5) is 10.1 Å². The molecule has 0 aliphatic carbocycles. The number of H-pyrrole nitrogens is 1. The van der Waals surface area contributed by atoms with Gasteiger partial charge < -0.3 is 5.32 Å². The Kier molecular flexibility index (Phi) is 5.49. The number of aromatic nitrogens is 3. The van der Waals surface area contributed by atoms with Crippen molar-refractivity contribution in [1.82, 2.24) is 15.2 Å². The maximum Gasteiger partial charge on any atom is 0.234 e. The van der Waals surface area contributed by atoms with Gasteiger partial charge in [0.05, 0.1) is 16.5 Å². The third-order valence-electron chi connectivity index (χ3n) is 2.97. The Labute approximate surface area is 150 Å². The van der Waals surface area contributed by atoms with Gasteiger partial charge in [-0.15, -0.1) is 16.4 Å². The Morgan fingerprint density at radius 1 is 1.42 bits per heavy atom. The Balaban J connectivity index is 1.52. The standard InChI is InChI=1S/C15H12ClFN4OS2/c16-11-6-9(17)3-4-12(11)18-14(22)8-24-15-19-13(20-21-15)7-10-2-1-5-23-10/h1-6H,7-8H2,(H,18,22)(H,19,20,21). The van der Waals surface area contributed by atoms with Crippen molar-refractivity contribution in [3.63, 3.8) is 0 Å². The lowest BCUT2D eigenvalue weighted by Crippen LogP contribution is -2.14. The van der Waals surface area contributed by atoms with Gasteiger partial charge in [-0.1, -0.05) is 29.4 Å². The molecule has 5 nitrogen and oxygen atoms in total. The first-order valence-electron chi connectivity index (χ1n) is 6.91. The van der Waals surface area contributed by atoms with E-state index in [1.54, 1.807) is 11.3 Å². The van der Waals surface area contributed by atoms with E-state index in [4.69, 9.17) is 11.6 Å². The number of hydrogen-bond donors (Lipinski definition) is 2. The number of halogens is 2. The lowest BCUT2D eigenvalue weighted by molar-refractivity contribution is -0.113. The van der Waals surface area contributed by atoms with E-state index in [-0.39, 0.29) is 16.7 Å². The summed E-state index contributed by atoms with van der Waals surface area (Å²) in [5.41, 5.74) is 0.372. The molecule has 0 saturated heterocycles. The summed E-state index contributed by atoms with van der Waals surface area (Å²) in [5.74, 6) is 0.163. The molecule has 9 heteroatoms. The highest BCUT2D eigenvalue weighted by Crippen LogP contribution is 2.23. The van der Waals surface area contributed by atoms with Gasteiger partial charge in [-0.3, -0.25) is 9.89 Å². The molecule has 0 spiro atoms. The summed E-state index contributed by atoms with van der Waals surface area (Å²) in [4.78, 5) is 17.5. The van der Waals surface area contributed by atoms with Gasteiger partial charge in [0.25, 0.3) is 0 Å². The van der Waals surface area contributed by atoms with E-state index < -0.39 is 5.82 Å². The van der Waals surface area contributed by atoms with Gasteiger partial charge >= 0.3 is 0 Å². The van der Waals surface area contributed by atoms with Crippen molar-refractivity contribution in [2.24, 2.45) is 0 Å². The second-order valence-corrected chi connectivity index (χ2v) is 7.16. The van der Waals surface area contributed by atoms with Crippen LogP contribution in [-0.4, -0.2) is 26.8 Å². The van der Waals surface area contributed by atoms with Crippen LogP contribution >= 0.6 is 34.7 Å². The molecular weight excluding hydrogens is 371 g/mol. The Morgan fingerprint density at radius 2 is 2.29 bits per heavy atom. The molecule has 2 aromatic heterocycles. The van der Waals surface area contributed by atoms with Crippen molar-refractivity contribution >= 4 is 46.3 Å². The largest absolute Gasteiger partial charge is 0.324 e. The zero-order chi connectivity index (χ0) is 16.9. The zero-order valence-electron chi connectivity index (χ0n) is 12.3. The van der Waals surface area contributed by atoms with Gasteiger partial charge in [-0.2, -0.15) is 0 Å². The summed E-state index contributed by atoms with van der Waals surface area (Å²) in [7, 11) is 0. The molecule has 2 heterocycles. The van der Waals surface area contributed by atoms with Crippen molar-refractivity contribution in [2.75, 3.05) is 11.1 Å². The van der Waals surface area contributed by atoms with Crippen LogP contribution in [0.2, 0.25) is 5.02 Å². The fourth-order valence-electron chi connectivity index (χ4n) is 1.91. The molecule has 2 N–H and O–H groups in total. The summed E-state index contributed by atoms with van der Waals surface area (Å²) in [6.45, 7) is 0. The maximum absolute atomic E-state index is 13.0. The predicted octanol–water partition coefficient (Wildman–Crippen LogP) is 3.98. The first-order chi connectivity index (χ1) is 11.6. The van der Waals surface area contributed by atoms with Crippen LogP contribution in [0.25, 0.3) is 0 Å². The first kappa shape index (κ1) is 16.9. The van der Waals surface area contributed by atoms with Crippen LogP contribution in [0.3, 0.4) is 0 Å². The number of carbonyl (C=O) groups excluding carboxylic acids is 1. The van der Waals surface area contributed by atoms with Crippen LogP contribution in [0.15, 0.2) is 40.9 Å². The highest BCUT2D eigenvalue weighted by atomic mass is 35.5. The van der Waals surface area contributed by atoms with Gasteiger partial charge in [-0.25, -0.2) is 9.37 Å². The highest BCUT2D eigenvalue weighted by molar-refractivity contribution is 7.99. The quantitative estimate of drug-likeness (QED) is 0.632. The number of thiophene rings is 1. The predicted molar refractivity (Wildman–Crippen MR) is 94.3 cm³/mol. The van der Waals surface area contributed by atoms with Crippen molar-refractivity contribution in [2.45, 2.75) is 11.6 Å². The first-order valence-corrected chi connectivity index (χ1v) is 9.16. The molecule has 0 unspecified atom stereocenters. The van der Waals surface area contributed by atoms with Crippen LogP contribution in [-0.2, 0) is 11.2 Å². The van der Waals surface area contributed by atoms with Gasteiger partial charge in [-0.05, 0) is 29.6 Å². The van der Waals surface area contributed by atoms with Crippen LogP contribution in [0.5, 0.6) is 0 Å². The summed E-state index contributed by atoms with van der Waals surface area (Å²) in [6.07, 6.45) is 0.683. The molecule has 0 atom stereocenters. The molecule has 0 fully saturated rings. The SMILES string of the molecule is O=C(CSc1n[nH]c(Cc2cccs2)n1)Nc1ccc(F)cc1Cl. The van der Waals surface area contributed by atoms with Gasteiger partial charge in [0.15, 0.2) is 0 Å². The number of amides is 1. The van der Waals surface area contributed by atoms with Crippen LogP contribution < -0.4 is 5.32 Å². The monoisotopic (exact) mass is 382 g/mol. The molecule has 24 heavy (non-hydrogen) atoms. The molecule has 1 aromatic carbocycles. The summed E-state index contributed by atoms with van der Waals surface area (Å²) >= 11 is 8.73. The van der Waals surface area contributed by atoms with E-state index in [0.717, 1.165) is 11.9 Å². The third kappa shape index (κ3) is 4.56. The number of hydrogen-bond acceptors (Lipinski definition) is 5. The molecule has 0 aliphatic rings. The molecule has 1 amide bonds. The minimum Gasteiger partial charge on any atom is -0.324 e. The Bertz CT molecular complexity index is 838. The average Bonchev–Trinajstić information content (AvgIpc) is 3.20. The topological polar surface area (TPSA) is 70.7 Å². The molecule has 0 radical (unpaired) electrons. The van der Waals surface area contributed by atoms with Gasteiger partial charge in [0.1, 0.15) is 11.6 Å². The van der Waals surface area contributed by atoms with Crippen molar-refractivity contribution in [3.8, 4) is 0 Å². The molecule has 0 aliphatic heterocycles. The average molecular weight is 383 g/mol. The molecule has 0 saturated carbocycles. The summed E-state index contributed by atoms with van der Waals surface area (Å²) < 4.78 is 13.0. The van der Waals surface area contributed by atoms with Gasteiger partial charge in [0, 0.05) is 11.3 Å². The number of rotatable bonds is 6. The number of carbonyl (C=O) groups is 1. The second kappa shape index (κ2) is 7.78. The smallest absolute Gasteiger partial charge is 0.234 e. The van der Waals surface area contributed by atoms with Crippen LogP contribution in [0.1, 0.15) is 10.7 Å². The molecular formula is C15H12ClFN4OS2. The molecule has 0 bridgehead atoms. The fraction of sp³-hybridized carbons (Fsp3) is 0.133. The van der Waals surface area contributed by atoms with Crippen LogP contribution in [0, 0.1) is 5.82 Å². The summed E-state index contributed by atoms with van der Waals surface area (Å²) in [6, 6.07) is 7.82. The normalized spacial score (nSPS) is 10.8. The second-order valence-electron chi connectivity index (χ2n) is 4.78. The Hall–Kier alpha value is -1.90. The Morgan fingerprint density at radius 3 is 3.04 bits per heavy atom. The van der Waals surface area contributed by atoms with E-state index in [2.05, 4.69) is 20.5 Å². The zero-order valence-corrected chi connectivity index (χ0v) is 14.6. The van der Waals surface area contributed by atoms with E-state index in [1.165, 1.54) is 28.8 Å². The van der Waals surface area contributed by atoms with Crippen molar-refractivity contribution in [3.05, 3.63) is 57.3 Å². The minimum atomic E-state index is -0.452. The fourth-order valence-corrected chi connectivity index (χ4v) is 3.45. The van der Waals surface area contributed by atoms with Gasteiger partial charge in [0.2, 0.25) is 11.1 Å². The minimum absolute atomic E-state index is 0.129. The maximum atomic E-state index is 13.0.